The number of hydrogen-bond donors (Lipinski definition) is 2. The Bertz CT molecular complexity index is 551. The SMILES string of the molecule is CSCCc1ccc(NC(=O)N2CCC(O)(C(F)(F)F)C2)cc1. The van der Waals surface area contributed by atoms with Crippen molar-refractivity contribution in [2.45, 2.75) is 24.6 Å². The summed E-state index contributed by atoms with van der Waals surface area (Å²) < 4.78 is 38.2. The Morgan fingerprint density at radius 1 is 1.39 bits per heavy atom. The number of hydrogen-bond acceptors (Lipinski definition) is 3. The lowest BCUT2D eigenvalue weighted by molar-refractivity contribution is -0.253. The van der Waals surface area contributed by atoms with E-state index in [0.717, 1.165) is 22.6 Å². The monoisotopic (exact) mass is 348 g/mol. The molecule has 1 heterocycles. The molecule has 1 aliphatic heterocycles. The molecule has 0 aliphatic carbocycles. The smallest absolute Gasteiger partial charge is 0.379 e. The number of halogens is 3. The van der Waals surface area contributed by atoms with Crippen LogP contribution in [0, 0.1) is 0 Å². The number of nitrogens with one attached hydrogen (secondary N) is 1. The van der Waals surface area contributed by atoms with Crippen LogP contribution in [-0.2, 0) is 6.42 Å². The minimum Gasteiger partial charge on any atom is -0.379 e. The molecule has 1 unspecified atom stereocenters. The largest absolute Gasteiger partial charge is 0.419 e. The zero-order chi connectivity index (χ0) is 17.1. The van der Waals surface area contributed by atoms with Gasteiger partial charge in [0.25, 0.3) is 0 Å². The van der Waals surface area contributed by atoms with Crippen molar-refractivity contribution in [1.82, 2.24) is 4.90 Å². The van der Waals surface area contributed by atoms with E-state index in [-0.39, 0.29) is 6.54 Å². The maximum absolute atomic E-state index is 12.7. The molecule has 1 atom stereocenters. The van der Waals surface area contributed by atoms with Crippen LogP contribution in [0.5, 0.6) is 0 Å². The van der Waals surface area contributed by atoms with Crippen LogP contribution in [-0.4, -0.2) is 52.9 Å². The minimum atomic E-state index is -4.74. The van der Waals surface area contributed by atoms with Crippen LogP contribution >= 0.6 is 11.8 Å². The van der Waals surface area contributed by atoms with Crippen LogP contribution in [0.4, 0.5) is 23.7 Å². The van der Waals surface area contributed by atoms with Gasteiger partial charge in [-0.2, -0.15) is 24.9 Å². The number of anilines is 1. The molecule has 0 saturated carbocycles. The lowest BCUT2D eigenvalue weighted by atomic mass is 10.0. The molecule has 128 valence electrons. The molecule has 0 aromatic heterocycles. The van der Waals surface area contributed by atoms with Crippen molar-refractivity contribution >= 4 is 23.5 Å². The first-order valence-electron chi connectivity index (χ1n) is 7.18. The zero-order valence-electron chi connectivity index (χ0n) is 12.7. The third-order valence-electron chi connectivity index (χ3n) is 3.86. The first-order valence-corrected chi connectivity index (χ1v) is 8.57. The van der Waals surface area contributed by atoms with Gasteiger partial charge in [-0.3, -0.25) is 0 Å². The zero-order valence-corrected chi connectivity index (χ0v) is 13.5. The fourth-order valence-corrected chi connectivity index (χ4v) is 2.82. The molecule has 23 heavy (non-hydrogen) atoms. The predicted octanol–water partition coefficient (Wildman–Crippen LogP) is 3.12. The van der Waals surface area contributed by atoms with Gasteiger partial charge in [0.15, 0.2) is 5.60 Å². The highest BCUT2D eigenvalue weighted by molar-refractivity contribution is 7.98. The average molecular weight is 348 g/mol. The van der Waals surface area contributed by atoms with Crippen LogP contribution in [0.2, 0.25) is 0 Å². The number of thioether (sulfide) groups is 1. The maximum Gasteiger partial charge on any atom is 0.419 e. The molecular formula is C15H19F3N2O2S. The first kappa shape index (κ1) is 17.9. The van der Waals surface area contributed by atoms with Crippen LogP contribution in [0.25, 0.3) is 0 Å². The van der Waals surface area contributed by atoms with Crippen LogP contribution in [0.3, 0.4) is 0 Å². The van der Waals surface area contributed by atoms with Gasteiger partial charge in [0.05, 0.1) is 6.54 Å². The van der Waals surface area contributed by atoms with Crippen molar-refractivity contribution < 1.29 is 23.1 Å². The van der Waals surface area contributed by atoms with Crippen LogP contribution in [0.15, 0.2) is 24.3 Å². The highest BCUT2D eigenvalue weighted by Crippen LogP contribution is 2.37. The van der Waals surface area contributed by atoms with Gasteiger partial charge in [-0.05, 0) is 36.1 Å². The number of amides is 2. The number of nitrogens with zero attached hydrogens (tertiary/aromatic N) is 1. The second-order valence-corrected chi connectivity index (χ2v) is 6.56. The van der Waals surface area contributed by atoms with Gasteiger partial charge in [0, 0.05) is 18.7 Å². The van der Waals surface area contributed by atoms with E-state index in [1.165, 1.54) is 0 Å². The van der Waals surface area contributed by atoms with Gasteiger partial charge in [-0.15, -0.1) is 0 Å². The number of carbonyl (C=O) groups is 1. The molecule has 0 spiro atoms. The number of β-amino-alcohol motifs (C(OH)–C–C–N with tert-alkyl or cyclic N) is 1. The number of aryl methyl sites for hydroxylation is 1. The van der Waals surface area contributed by atoms with E-state index in [4.69, 9.17) is 0 Å². The summed E-state index contributed by atoms with van der Waals surface area (Å²) in [6.45, 7) is -0.873. The molecule has 1 fully saturated rings. The number of carbonyl (C=O) groups excluding carboxylic acids is 1. The van der Waals surface area contributed by atoms with Crippen molar-refractivity contribution in [1.29, 1.82) is 0 Å². The van der Waals surface area contributed by atoms with E-state index in [1.807, 2.05) is 18.4 Å². The summed E-state index contributed by atoms with van der Waals surface area (Å²) in [4.78, 5) is 13.0. The number of benzene rings is 1. The second kappa shape index (κ2) is 7.00. The molecule has 4 nitrogen and oxygen atoms in total. The molecule has 2 N–H and O–H groups in total. The van der Waals surface area contributed by atoms with Gasteiger partial charge in [-0.25, -0.2) is 4.79 Å². The van der Waals surface area contributed by atoms with Crippen LogP contribution in [0.1, 0.15) is 12.0 Å². The fourth-order valence-electron chi connectivity index (χ4n) is 2.38. The van der Waals surface area contributed by atoms with Crippen molar-refractivity contribution in [3.63, 3.8) is 0 Å². The number of urea groups is 1. The molecule has 2 rings (SSSR count). The third kappa shape index (κ3) is 4.32. The highest BCUT2D eigenvalue weighted by atomic mass is 32.2. The molecular weight excluding hydrogens is 329 g/mol. The maximum atomic E-state index is 12.7. The van der Waals surface area contributed by atoms with Gasteiger partial charge in [-0.1, -0.05) is 12.1 Å². The van der Waals surface area contributed by atoms with E-state index in [2.05, 4.69) is 5.32 Å². The Morgan fingerprint density at radius 2 is 2.04 bits per heavy atom. The molecule has 1 saturated heterocycles. The topological polar surface area (TPSA) is 52.6 Å². The summed E-state index contributed by atoms with van der Waals surface area (Å²) in [6, 6.07) is 6.56. The predicted molar refractivity (Wildman–Crippen MR) is 84.7 cm³/mol. The van der Waals surface area contributed by atoms with Crippen molar-refractivity contribution in [3.8, 4) is 0 Å². The standard InChI is InChI=1S/C15H19F3N2O2S/c1-23-9-6-11-2-4-12(5-3-11)19-13(21)20-8-7-14(22,10-20)15(16,17)18/h2-5,22H,6-10H2,1H3,(H,19,21). The van der Waals surface area contributed by atoms with E-state index in [1.54, 1.807) is 23.9 Å². The fraction of sp³-hybridized carbons (Fsp3) is 0.533. The Kier molecular flexibility index (Phi) is 5.46. The third-order valence-corrected chi connectivity index (χ3v) is 4.48. The Labute approximate surface area is 137 Å². The number of alkyl halides is 3. The van der Waals surface area contributed by atoms with E-state index in [0.29, 0.717) is 5.69 Å². The molecule has 0 radical (unpaired) electrons. The molecule has 2 amide bonds. The van der Waals surface area contributed by atoms with Gasteiger partial charge in [0.1, 0.15) is 0 Å². The number of aliphatic hydroxyl groups is 1. The van der Waals surface area contributed by atoms with Crippen molar-refractivity contribution in [2.24, 2.45) is 0 Å². The van der Waals surface area contributed by atoms with E-state index >= 15 is 0 Å². The van der Waals surface area contributed by atoms with Gasteiger partial charge in [0.2, 0.25) is 0 Å². The molecule has 1 aromatic carbocycles. The summed E-state index contributed by atoms with van der Waals surface area (Å²) in [7, 11) is 0. The van der Waals surface area contributed by atoms with Crippen molar-refractivity contribution in [3.05, 3.63) is 29.8 Å². The summed E-state index contributed by atoms with van der Waals surface area (Å²) in [5.41, 5.74) is -1.17. The van der Waals surface area contributed by atoms with Gasteiger partial charge >= 0.3 is 12.2 Å². The van der Waals surface area contributed by atoms with Crippen LogP contribution < -0.4 is 5.32 Å². The van der Waals surface area contributed by atoms with E-state index < -0.39 is 30.8 Å². The lowest BCUT2D eigenvalue weighted by Crippen LogP contribution is -2.48. The first-order chi connectivity index (χ1) is 10.7. The van der Waals surface area contributed by atoms with Gasteiger partial charge < -0.3 is 15.3 Å². The summed E-state index contributed by atoms with van der Waals surface area (Å²) in [6.07, 6.45) is -2.30. The number of rotatable bonds is 4. The summed E-state index contributed by atoms with van der Waals surface area (Å²) in [5, 5.41) is 12.1. The number of likely N-dealkylation sites (tertiary alicyclic amines) is 1. The Balaban J connectivity index is 1.93. The molecule has 1 aliphatic rings. The quantitative estimate of drug-likeness (QED) is 0.879. The normalized spacial score (nSPS) is 21.5. The average Bonchev–Trinajstić information content (AvgIpc) is 2.90. The van der Waals surface area contributed by atoms with Crippen molar-refractivity contribution in [2.75, 3.05) is 30.4 Å². The lowest BCUT2D eigenvalue weighted by Gasteiger charge is -2.26. The molecule has 8 heteroatoms. The molecule has 1 aromatic rings. The second-order valence-electron chi connectivity index (χ2n) is 5.57. The summed E-state index contributed by atoms with van der Waals surface area (Å²) in [5.74, 6) is 0.996. The summed E-state index contributed by atoms with van der Waals surface area (Å²) >= 11 is 1.74. The minimum absolute atomic E-state index is 0.131. The Hall–Kier alpha value is -1.41. The highest BCUT2D eigenvalue weighted by Gasteiger charge is 2.57. The molecule has 0 bridgehead atoms. The van der Waals surface area contributed by atoms with E-state index in [9.17, 15) is 23.1 Å². The Morgan fingerprint density at radius 3 is 2.57 bits per heavy atom.